The highest BCUT2D eigenvalue weighted by Gasteiger charge is 2.11. The van der Waals surface area contributed by atoms with Crippen molar-refractivity contribution in [2.75, 3.05) is 0 Å². The minimum Gasteiger partial charge on any atom is -0.393 e. The molecule has 8 heavy (non-hydrogen) atoms. The molecule has 0 amide bonds. The minimum absolute atomic E-state index is 0.0116. The lowest BCUT2D eigenvalue weighted by Gasteiger charge is -2.17. The molecule has 0 rings (SSSR count). The molecule has 0 saturated carbocycles. The van der Waals surface area contributed by atoms with Crippen LogP contribution in [0.15, 0.2) is 0 Å². The van der Waals surface area contributed by atoms with E-state index in [9.17, 15) is 5.11 Å². The van der Waals surface area contributed by atoms with E-state index < -0.39 is 6.08 Å². The molecular formula is C7H16O. The van der Waals surface area contributed by atoms with Gasteiger partial charge in [0, 0.05) is 0 Å². The average Bonchev–Trinajstić information content (AvgIpc) is 1.65. The standard InChI is InChI=1S/C7H16O/c1-5(2)7(8)6(3)4/h5-8H,1-4H3/i7D. The van der Waals surface area contributed by atoms with E-state index in [1.165, 1.54) is 0 Å². The third-order valence-electron chi connectivity index (χ3n) is 1.18. The van der Waals surface area contributed by atoms with E-state index in [0.29, 0.717) is 0 Å². The number of aliphatic hydroxyl groups is 1. The SMILES string of the molecule is [2H]C(O)(C(C)C)C(C)C. The third kappa shape index (κ3) is 2.31. The fourth-order valence-electron chi connectivity index (χ4n) is 0.667. The molecule has 0 aliphatic heterocycles. The Kier molecular flexibility index (Phi) is 2.34. The van der Waals surface area contributed by atoms with Gasteiger partial charge >= 0.3 is 0 Å². The van der Waals surface area contributed by atoms with Crippen molar-refractivity contribution in [1.29, 1.82) is 0 Å². The summed E-state index contributed by atoms with van der Waals surface area (Å²) in [7, 11) is 0. The van der Waals surface area contributed by atoms with Crippen LogP contribution in [0.2, 0.25) is 0 Å². The van der Waals surface area contributed by atoms with E-state index >= 15 is 0 Å². The molecule has 0 bridgehead atoms. The van der Waals surface area contributed by atoms with Crippen LogP contribution in [0.1, 0.15) is 29.1 Å². The van der Waals surface area contributed by atoms with Gasteiger partial charge in [-0.1, -0.05) is 27.7 Å². The van der Waals surface area contributed by atoms with Crippen LogP contribution >= 0.6 is 0 Å². The second kappa shape index (κ2) is 3.08. The molecule has 0 aliphatic carbocycles. The topological polar surface area (TPSA) is 20.2 Å². The van der Waals surface area contributed by atoms with E-state index in [1.807, 2.05) is 27.7 Å². The molecule has 0 fully saturated rings. The normalized spacial score (nSPS) is 15.1. The highest BCUT2D eigenvalue weighted by Crippen LogP contribution is 2.10. The summed E-state index contributed by atoms with van der Waals surface area (Å²) >= 11 is 0. The molecule has 0 spiro atoms. The largest absolute Gasteiger partial charge is 0.393 e. The molecule has 0 unspecified atom stereocenters. The summed E-state index contributed by atoms with van der Waals surface area (Å²) in [6, 6.07) is 0. The van der Waals surface area contributed by atoms with Gasteiger partial charge < -0.3 is 5.11 Å². The lowest BCUT2D eigenvalue weighted by Crippen LogP contribution is -2.20. The Balaban J connectivity index is 4.01. The van der Waals surface area contributed by atoms with Crippen LogP contribution in [-0.4, -0.2) is 11.2 Å². The molecule has 0 aromatic heterocycles. The predicted molar refractivity (Wildman–Crippen MR) is 35.7 cm³/mol. The highest BCUT2D eigenvalue weighted by molar-refractivity contribution is 4.62. The van der Waals surface area contributed by atoms with E-state index in [-0.39, 0.29) is 11.8 Å². The summed E-state index contributed by atoms with van der Waals surface area (Å²) in [4.78, 5) is 0. The van der Waals surface area contributed by atoms with Gasteiger partial charge in [-0.15, -0.1) is 0 Å². The maximum atomic E-state index is 9.34. The Bertz CT molecular complexity index is 76.9. The van der Waals surface area contributed by atoms with Crippen molar-refractivity contribution in [3.8, 4) is 0 Å². The summed E-state index contributed by atoms with van der Waals surface area (Å²) in [5.41, 5.74) is 0. The van der Waals surface area contributed by atoms with Crippen molar-refractivity contribution >= 4 is 0 Å². The highest BCUT2D eigenvalue weighted by atomic mass is 16.3. The minimum atomic E-state index is -1.25. The monoisotopic (exact) mass is 117 g/mol. The summed E-state index contributed by atoms with van der Waals surface area (Å²) in [6.07, 6.45) is -1.25. The lowest BCUT2D eigenvalue weighted by atomic mass is 9.97. The lowest BCUT2D eigenvalue weighted by molar-refractivity contribution is 0.0801. The molecule has 1 N–H and O–H groups in total. The van der Waals surface area contributed by atoms with Crippen molar-refractivity contribution in [3.05, 3.63) is 0 Å². The van der Waals surface area contributed by atoms with Gasteiger partial charge in [-0.25, -0.2) is 0 Å². The van der Waals surface area contributed by atoms with Crippen LogP contribution in [0.3, 0.4) is 0 Å². The number of hydrogen-bond acceptors (Lipinski definition) is 1. The summed E-state index contributed by atoms with van der Waals surface area (Å²) in [5.74, 6) is 0.0231. The fourth-order valence-corrected chi connectivity index (χ4v) is 0.667. The zero-order valence-corrected chi connectivity index (χ0v) is 6.10. The van der Waals surface area contributed by atoms with Gasteiger partial charge in [-0.3, -0.25) is 0 Å². The van der Waals surface area contributed by atoms with Gasteiger partial charge in [-0.2, -0.15) is 0 Å². The molecule has 50 valence electrons. The molecule has 0 radical (unpaired) electrons. The van der Waals surface area contributed by atoms with Crippen LogP contribution < -0.4 is 0 Å². The number of hydrogen-bond donors (Lipinski definition) is 1. The van der Waals surface area contributed by atoms with Gasteiger partial charge in [-0.05, 0) is 11.8 Å². The molecule has 0 saturated heterocycles. The quantitative estimate of drug-likeness (QED) is 0.583. The summed E-state index contributed by atoms with van der Waals surface area (Å²) in [6.45, 7) is 7.42. The third-order valence-corrected chi connectivity index (χ3v) is 1.18. The summed E-state index contributed by atoms with van der Waals surface area (Å²) in [5, 5.41) is 9.34. The Morgan fingerprint density at radius 3 is 1.38 bits per heavy atom. The Labute approximate surface area is 53.1 Å². The maximum absolute atomic E-state index is 9.34. The maximum Gasteiger partial charge on any atom is 0.0606 e. The Hall–Kier alpha value is -0.0400. The summed E-state index contributed by atoms with van der Waals surface area (Å²) < 4.78 is 7.39. The first-order valence-electron chi connectivity index (χ1n) is 3.61. The molecule has 1 nitrogen and oxygen atoms in total. The van der Waals surface area contributed by atoms with Crippen molar-refractivity contribution in [1.82, 2.24) is 0 Å². The molecular weight excluding hydrogens is 100 g/mol. The molecule has 0 aliphatic rings. The number of rotatable bonds is 2. The van der Waals surface area contributed by atoms with Gasteiger partial charge in [0.15, 0.2) is 0 Å². The first-order valence-corrected chi connectivity index (χ1v) is 3.11. The predicted octanol–water partition coefficient (Wildman–Crippen LogP) is 1.66. The van der Waals surface area contributed by atoms with Crippen LogP contribution in [-0.2, 0) is 0 Å². The van der Waals surface area contributed by atoms with Crippen LogP contribution in [0, 0.1) is 11.8 Å². The zero-order chi connectivity index (χ0) is 7.65. The molecule has 0 heterocycles. The van der Waals surface area contributed by atoms with Gasteiger partial charge in [0.05, 0.1) is 7.45 Å². The second-order valence-electron chi connectivity index (χ2n) is 2.73. The Morgan fingerprint density at radius 2 is 1.38 bits per heavy atom. The second-order valence-corrected chi connectivity index (χ2v) is 2.73. The van der Waals surface area contributed by atoms with Crippen LogP contribution in [0.4, 0.5) is 0 Å². The average molecular weight is 117 g/mol. The van der Waals surface area contributed by atoms with Crippen LogP contribution in [0.5, 0.6) is 0 Å². The van der Waals surface area contributed by atoms with Gasteiger partial charge in [0.25, 0.3) is 0 Å². The van der Waals surface area contributed by atoms with Crippen LogP contribution in [0.25, 0.3) is 0 Å². The van der Waals surface area contributed by atoms with Gasteiger partial charge in [0.1, 0.15) is 0 Å². The Morgan fingerprint density at radius 1 is 1.12 bits per heavy atom. The van der Waals surface area contributed by atoms with E-state index in [1.54, 1.807) is 0 Å². The van der Waals surface area contributed by atoms with Crippen molar-refractivity contribution in [3.63, 3.8) is 0 Å². The van der Waals surface area contributed by atoms with Crippen molar-refractivity contribution < 1.29 is 6.48 Å². The van der Waals surface area contributed by atoms with E-state index in [2.05, 4.69) is 0 Å². The molecule has 1 heteroatoms. The molecule has 0 atom stereocenters. The van der Waals surface area contributed by atoms with E-state index in [0.717, 1.165) is 0 Å². The first-order chi connectivity index (χ1) is 3.89. The molecule has 0 aromatic rings. The fraction of sp³-hybridized carbons (Fsp3) is 1.00. The van der Waals surface area contributed by atoms with Gasteiger partial charge in [0.2, 0.25) is 0 Å². The van der Waals surface area contributed by atoms with Crippen molar-refractivity contribution in [2.45, 2.75) is 33.8 Å². The smallest absolute Gasteiger partial charge is 0.0606 e. The molecule has 0 aromatic carbocycles. The van der Waals surface area contributed by atoms with Crippen molar-refractivity contribution in [2.24, 2.45) is 11.8 Å². The zero-order valence-electron chi connectivity index (χ0n) is 7.10. The first kappa shape index (κ1) is 6.09. The van der Waals surface area contributed by atoms with E-state index in [4.69, 9.17) is 1.37 Å².